The molecular formula is C9H17. The zero-order valence-corrected chi connectivity index (χ0v) is 6.99. The molecule has 1 radical (unpaired) electrons. The Morgan fingerprint density at radius 2 is 1.89 bits per heavy atom. The van der Waals surface area contributed by atoms with Crippen molar-refractivity contribution >= 4 is 0 Å². The van der Waals surface area contributed by atoms with Crippen molar-refractivity contribution < 1.29 is 0 Å². The van der Waals surface area contributed by atoms with Crippen LogP contribution >= 0.6 is 0 Å². The summed E-state index contributed by atoms with van der Waals surface area (Å²) >= 11 is 0. The lowest BCUT2D eigenvalue weighted by Crippen LogP contribution is -2.15. The highest BCUT2D eigenvalue weighted by Gasteiger charge is 2.20. The second kappa shape index (κ2) is 3.05. The summed E-state index contributed by atoms with van der Waals surface area (Å²) in [5.41, 5.74) is 0.349. The second-order valence-corrected chi connectivity index (χ2v) is 3.38. The van der Waals surface area contributed by atoms with Crippen LogP contribution in [0.15, 0.2) is 12.7 Å². The average Bonchev–Trinajstić information content (AvgIpc) is 1.65. The fraction of sp³-hybridized carbons (Fsp3) is 0.667. The molecule has 0 aliphatic rings. The van der Waals surface area contributed by atoms with Crippen molar-refractivity contribution in [1.29, 1.82) is 0 Å². The zero-order chi connectivity index (χ0) is 7.49. The SMILES string of the molecule is C=CCC(C)(C)[C](C)C. The van der Waals surface area contributed by atoms with E-state index < -0.39 is 0 Å². The summed E-state index contributed by atoms with van der Waals surface area (Å²) in [6, 6.07) is 0. The van der Waals surface area contributed by atoms with Crippen molar-refractivity contribution in [3.63, 3.8) is 0 Å². The van der Waals surface area contributed by atoms with Crippen LogP contribution in [0.2, 0.25) is 0 Å². The smallest absolute Gasteiger partial charge is 0.0244 e. The van der Waals surface area contributed by atoms with Crippen molar-refractivity contribution in [3.05, 3.63) is 18.6 Å². The monoisotopic (exact) mass is 125 g/mol. The standard InChI is InChI=1S/C9H17/c1-6-7-9(4,5)8(2)3/h6H,1,7H2,2-5H3. The summed E-state index contributed by atoms with van der Waals surface area (Å²) in [5.74, 6) is 1.47. The quantitative estimate of drug-likeness (QED) is 0.508. The van der Waals surface area contributed by atoms with Gasteiger partial charge in [0, 0.05) is 0 Å². The highest BCUT2D eigenvalue weighted by atomic mass is 14.2. The summed E-state index contributed by atoms with van der Waals surface area (Å²) in [7, 11) is 0. The van der Waals surface area contributed by atoms with Crippen LogP contribution in [0.5, 0.6) is 0 Å². The van der Waals surface area contributed by atoms with Gasteiger partial charge in [-0.3, -0.25) is 0 Å². The minimum atomic E-state index is 0.349. The maximum Gasteiger partial charge on any atom is -0.0244 e. The van der Waals surface area contributed by atoms with E-state index in [1.54, 1.807) is 0 Å². The van der Waals surface area contributed by atoms with E-state index in [9.17, 15) is 0 Å². The van der Waals surface area contributed by atoms with E-state index in [1.165, 1.54) is 5.92 Å². The number of hydrogen-bond acceptors (Lipinski definition) is 0. The van der Waals surface area contributed by atoms with E-state index in [4.69, 9.17) is 0 Å². The first-order valence-corrected chi connectivity index (χ1v) is 3.42. The number of allylic oxidation sites excluding steroid dienone is 1. The van der Waals surface area contributed by atoms with Crippen molar-refractivity contribution in [2.45, 2.75) is 34.1 Å². The molecule has 0 aromatic heterocycles. The molecule has 0 unspecified atom stereocenters. The molecule has 0 saturated carbocycles. The molecule has 0 rings (SSSR count). The minimum absolute atomic E-state index is 0.349. The highest BCUT2D eigenvalue weighted by Crippen LogP contribution is 2.31. The van der Waals surface area contributed by atoms with Gasteiger partial charge in [-0.1, -0.05) is 33.8 Å². The van der Waals surface area contributed by atoms with Crippen molar-refractivity contribution in [1.82, 2.24) is 0 Å². The Labute approximate surface area is 59.0 Å². The summed E-state index contributed by atoms with van der Waals surface area (Å²) < 4.78 is 0. The summed E-state index contributed by atoms with van der Waals surface area (Å²) in [4.78, 5) is 0. The lowest BCUT2D eigenvalue weighted by molar-refractivity contribution is 0.395. The predicted octanol–water partition coefficient (Wildman–Crippen LogP) is 3.20. The molecule has 0 spiro atoms. The van der Waals surface area contributed by atoms with E-state index in [-0.39, 0.29) is 0 Å². The van der Waals surface area contributed by atoms with Crippen LogP contribution in [0.1, 0.15) is 34.1 Å². The fourth-order valence-corrected chi connectivity index (χ4v) is 0.565. The van der Waals surface area contributed by atoms with Crippen LogP contribution in [-0.2, 0) is 0 Å². The average molecular weight is 125 g/mol. The summed E-state index contributed by atoms with van der Waals surface area (Å²) in [5, 5.41) is 0. The lowest BCUT2D eigenvalue weighted by atomic mass is 9.78. The van der Waals surface area contributed by atoms with Gasteiger partial charge in [0.2, 0.25) is 0 Å². The van der Waals surface area contributed by atoms with E-state index in [0.717, 1.165) is 6.42 Å². The summed E-state index contributed by atoms with van der Waals surface area (Å²) in [6.45, 7) is 12.5. The number of rotatable bonds is 3. The van der Waals surface area contributed by atoms with Crippen molar-refractivity contribution in [2.75, 3.05) is 0 Å². The molecule has 0 atom stereocenters. The Balaban J connectivity index is 3.84. The van der Waals surface area contributed by atoms with Crippen LogP contribution < -0.4 is 0 Å². The van der Waals surface area contributed by atoms with Gasteiger partial charge in [0.25, 0.3) is 0 Å². The fourth-order valence-electron chi connectivity index (χ4n) is 0.565. The molecule has 0 bridgehead atoms. The van der Waals surface area contributed by atoms with Crippen molar-refractivity contribution in [3.8, 4) is 0 Å². The van der Waals surface area contributed by atoms with Gasteiger partial charge in [-0.05, 0) is 17.8 Å². The Morgan fingerprint density at radius 3 is 2.00 bits per heavy atom. The predicted molar refractivity (Wildman–Crippen MR) is 43.2 cm³/mol. The topological polar surface area (TPSA) is 0 Å². The van der Waals surface area contributed by atoms with Crippen LogP contribution in [0.25, 0.3) is 0 Å². The lowest BCUT2D eigenvalue weighted by Gasteiger charge is -2.26. The first-order chi connectivity index (χ1) is 4.00. The first kappa shape index (κ1) is 8.74. The minimum Gasteiger partial charge on any atom is -0.103 e. The summed E-state index contributed by atoms with van der Waals surface area (Å²) in [6.07, 6.45) is 3.06. The Morgan fingerprint density at radius 1 is 1.44 bits per heavy atom. The van der Waals surface area contributed by atoms with Gasteiger partial charge in [-0.25, -0.2) is 0 Å². The van der Waals surface area contributed by atoms with Crippen molar-refractivity contribution in [2.24, 2.45) is 5.41 Å². The van der Waals surface area contributed by atoms with Crippen LogP contribution in [-0.4, -0.2) is 0 Å². The third-order valence-electron chi connectivity index (χ3n) is 2.01. The largest absolute Gasteiger partial charge is 0.103 e. The van der Waals surface area contributed by atoms with Crippen LogP contribution in [0.3, 0.4) is 0 Å². The molecule has 0 heteroatoms. The van der Waals surface area contributed by atoms with Crippen LogP contribution in [0.4, 0.5) is 0 Å². The molecule has 0 aliphatic carbocycles. The van der Waals surface area contributed by atoms with Gasteiger partial charge >= 0.3 is 0 Å². The molecule has 0 fully saturated rings. The normalized spacial score (nSPS) is 12.1. The molecule has 53 valence electrons. The molecular weight excluding hydrogens is 108 g/mol. The number of hydrogen-bond donors (Lipinski definition) is 0. The van der Waals surface area contributed by atoms with Crippen LogP contribution in [0, 0.1) is 11.3 Å². The Bertz CT molecular complexity index is 88.2. The van der Waals surface area contributed by atoms with Gasteiger partial charge in [0.15, 0.2) is 0 Å². The molecule has 0 nitrogen and oxygen atoms in total. The van der Waals surface area contributed by atoms with E-state index in [0.29, 0.717) is 5.41 Å². The van der Waals surface area contributed by atoms with Gasteiger partial charge in [0.05, 0.1) is 0 Å². The van der Waals surface area contributed by atoms with Gasteiger partial charge in [0.1, 0.15) is 0 Å². The van der Waals surface area contributed by atoms with Gasteiger partial charge < -0.3 is 0 Å². The third-order valence-corrected chi connectivity index (χ3v) is 2.01. The van der Waals surface area contributed by atoms with E-state index in [1.807, 2.05) is 6.08 Å². The second-order valence-electron chi connectivity index (χ2n) is 3.38. The molecule has 0 aromatic rings. The third kappa shape index (κ3) is 2.69. The van der Waals surface area contributed by atoms with E-state index in [2.05, 4.69) is 34.3 Å². The highest BCUT2D eigenvalue weighted by molar-refractivity contribution is 4.97. The van der Waals surface area contributed by atoms with Gasteiger partial charge in [-0.2, -0.15) is 0 Å². The Hall–Kier alpha value is -0.260. The molecule has 0 amide bonds. The molecule has 0 aliphatic heterocycles. The molecule has 0 N–H and O–H groups in total. The van der Waals surface area contributed by atoms with Gasteiger partial charge in [-0.15, -0.1) is 6.58 Å². The Kier molecular flexibility index (Phi) is 2.96. The molecule has 9 heavy (non-hydrogen) atoms. The molecule has 0 saturated heterocycles. The zero-order valence-electron chi connectivity index (χ0n) is 6.99. The first-order valence-electron chi connectivity index (χ1n) is 3.42. The maximum absolute atomic E-state index is 3.71. The molecule has 0 heterocycles. The molecule has 0 aromatic carbocycles. The maximum atomic E-state index is 3.71. The van der Waals surface area contributed by atoms with E-state index >= 15 is 0 Å².